The van der Waals surface area contributed by atoms with Crippen LogP contribution < -0.4 is 4.74 Å². The number of aliphatic carboxylic acids is 1. The van der Waals surface area contributed by atoms with E-state index in [4.69, 9.17) is 27.9 Å². The Balaban J connectivity index is 1.76. The number of nitriles is 1. The zero-order valence-corrected chi connectivity index (χ0v) is 29.6. The number of amides is 1. The number of benzene rings is 2. The summed E-state index contributed by atoms with van der Waals surface area (Å²) in [6.07, 6.45) is -16.4. The van der Waals surface area contributed by atoms with Crippen molar-refractivity contribution in [2.45, 2.75) is 63.5 Å². The molecule has 0 radical (unpaired) electrons. The highest BCUT2D eigenvalue weighted by molar-refractivity contribution is 6.34. The van der Waals surface area contributed by atoms with E-state index in [1.807, 2.05) is 6.07 Å². The van der Waals surface area contributed by atoms with Crippen molar-refractivity contribution >= 4 is 41.0 Å². The van der Waals surface area contributed by atoms with Gasteiger partial charge in [0.15, 0.2) is 12.5 Å². The summed E-state index contributed by atoms with van der Waals surface area (Å²) < 4.78 is 145. The summed E-state index contributed by atoms with van der Waals surface area (Å²) in [5, 5.41) is 21.4. The molecule has 0 unspecified atom stereocenters. The number of alkyl halides is 10. The molecule has 4 rings (SSSR count). The summed E-state index contributed by atoms with van der Waals surface area (Å²) in [7, 11) is 0. The molecule has 296 valence electrons. The number of halogens is 12. The molecule has 1 amide bonds. The van der Waals surface area contributed by atoms with Crippen LogP contribution in [0.4, 0.5) is 43.9 Å². The Hall–Kier alpha value is -5.03. The Morgan fingerprint density at radius 1 is 0.964 bits per heavy atom. The third kappa shape index (κ3) is 8.77. The van der Waals surface area contributed by atoms with E-state index in [1.165, 1.54) is 32.9 Å². The van der Waals surface area contributed by atoms with Crippen molar-refractivity contribution in [3.8, 4) is 28.6 Å². The number of nitrogens with zero attached hydrogens (tertiary/aromatic N) is 4. The van der Waals surface area contributed by atoms with Crippen molar-refractivity contribution in [1.82, 2.24) is 14.7 Å². The van der Waals surface area contributed by atoms with Gasteiger partial charge in [0.1, 0.15) is 11.2 Å². The highest BCUT2D eigenvalue weighted by atomic mass is 35.5. The molecule has 1 aliphatic rings. The highest BCUT2D eigenvalue weighted by Gasteiger charge is 2.73. The van der Waals surface area contributed by atoms with Gasteiger partial charge in [-0.2, -0.15) is 36.7 Å². The first-order valence-electron chi connectivity index (χ1n) is 15.2. The van der Waals surface area contributed by atoms with Gasteiger partial charge in [-0.15, -0.1) is 13.2 Å². The topological polar surface area (TPSA) is 135 Å². The Morgan fingerprint density at radius 2 is 1.56 bits per heavy atom. The van der Waals surface area contributed by atoms with Crippen molar-refractivity contribution in [3.05, 3.63) is 75.5 Å². The van der Waals surface area contributed by atoms with Crippen LogP contribution in [0.25, 0.3) is 16.8 Å². The minimum Gasteiger partial charge on any atom is -0.478 e. The minimum atomic E-state index is -6.70. The third-order valence-corrected chi connectivity index (χ3v) is 8.71. The summed E-state index contributed by atoms with van der Waals surface area (Å²) in [5.41, 5.74) is -12.7. The van der Waals surface area contributed by atoms with Gasteiger partial charge in [-0.05, 0) is 48.1 Å². The predicted octanol–water partition coefficient (Wildman–Crippen LogP) is 9.09. The molecule has 1 N–H and O–H groups in total. The molecule has 1 heterocycles. The number of ether oxygens (including phenoxy) is 2. The Labute approximate surface area is 313 Å². The molecule has 0 atom stereocenters. The molecule has 0 bridgehead atoms. The van der Waals surface area contributed by atoms with Gasteiger partial charge in [0, 0.05) is 29.0 Å². The lowest BCUT2D eigenvalue weighted by Crippen LogP contribution is -2.50. The van der Waals surface area contributed by atoms with Crippen LogP contribution in [0.5, 0.6) is 5.75 Å². The van der Waals surface area contributed by atoms with Gasteiger partial charge < -0.3 is 14.6 Å². The fraction of sp³-hybridized carbons (Fsp3) is 0.364. The van der Waals surface area contributed by atoms with Crippen molar-refractivity contribution in [2.24, 2.45) is 5.41 Å². The second-order valence-corrected chi connectivity index (χ2v) is 13.8. The van der Waals surface area contributed by atoms with E-state index in [0.717, 1.165) is 23.4 Å². The normalized spacial score (nSPS) is 14.9. The van der Waals surface area contributed by atoms with Crippen molar-refractivity contribution < 1.29 is 72.9 Å². The summed E-state index contributed by atoms with van der Waals surface area (Å²) in [5.74, 6) is -5.32. The van der Waals surface area contributed by atoms with E-state index < -0.39 is 88.0 Å². The van der Waals surface area contributed by atoms with Gasteiger partial charge in [0.25, 0.3) is 5.91 Å². The number of carbonyl (C=O) groups is 3. The van der Waals surface area contributed by atoms with Gasteiger partial charge in [-0.25, -0.2) is 18.7 Å². The lowest BCUT2D eigenvalue weighted by Gasteiger charge is -2.31. The fourth-order valence-corrected chi connectivity index (χ4v) is 5.63. The summed E-state index contributed by atoms with van der Waals surface area (Å²) >= 11 is 12.2. The van der Waals surface area contributed by atoms with E-state index in [-0.39, 0.29) is 46.2 Å². The number of carboxylic acid groups (broad SMARTS) is 1. The number of hydrogen-bond donors (Lipinski definition) is 1. The second-order valence-electron chi connectivity index (χ2n) is 13.0. The predicted molar refractivity (Wildman–Crippen MR) is 170 cm³/mol. The SMILES string of the molecule is CC(C)(C)/C(=C\C(=O)O)C(=O)OCN(C(=O)c1cc(-c2cnn(-c3c(Cl)cc(C(F)(C(F)(F)F)C(F)(F)F)cc3OC(F)(F)F)c2)ccc1Cl)C1(C#N)CC1. The maximum absolute atomic E-state index is 14.8. The standard InChI is InChI=1S/C33H24Cl2F10N4O6/c1-28(2,3)20(11-24(50)51)27(53)54-15-48(29(14-46)6-7-29)26(52)19-8-16(4-5-21(19)34)17-12-47-49(13-17)25-22(35)9-18(10-23(25)55-33(43,44)45)30(36,31(37,38)39)32(40,41)42/h4-5,8-13H,6-7,15H2,1-3H3,(H,50,51)/b20-11-. The molecule has 1 fully saturated rings. The average molecular weight is 833 g/mol. The van der Waals surface area contributed by atoms with Crippen LogP contribution in [-0.2, 0) is 20.0 Å². The van der Waals surface area contributed by atoms with E-state index in [1.54, 1.807) is 0 Å². The van der Waals surface area contributed by atoms with Gasteiger partial charge in [0.05, 0.1) is 27.9 Å². The van der Waals surface area contributed by atoms with Crippen LogP contribution >= 0.6 is 23.2 Å². The smallest absolute Gasteiger partial charge is 0.478 e. The van der Waals surface area contributed by atoms with Crippen molar-refractivity contribution in [1.29, 1.82) is 5.26 Å². The third-order valence-electron chi connectivity index (χ3n) is 8.09. The Kier molecular flexibility index (Phi) is 11.3. The number of rotatable bonds is 10. The minimum absolute atomic E-state index is 0.0279. The highest BCUT2D eigenvalue weighted by Crippen LogP contribution is 2.55. The molecule has 55 heavy (non-hydrogen) atoms. The summed E-state index contributed by atoms with van der Waals surface area (Å²) in [6.45, 7) is 3.75. The van der Waals surface area contributed by atoms with E-state index in [0.29, 0.717) is 10.8 Å². The molecule has 1 saturated carbocycles. The maximum atomic E-state index is 14.8. The molecule has 22 heteroatoms. The summed E-state index contributed by atoms with van der Waals surface area (Å²) in [4.78, 5) is 39.0. The van der Waals surface area contributed by atoms with Gasteiger partial charge in [-0.3, -0.25) is 9.69 Å². The largest absolute Gasteiger partial charge is 0.573 e. The number of esters is 1. The van der Waals surface area contributed by atoms with Gasteiger partial charge >= 0.3 is 36.3 Å². The molecule has 0 saturated heterocycles. The maximum Gasteiger partial charge on any atom is 0.573 e. The molecule has 10 nitrogen and oxygen atoms in total. The first-order chi connectivity index (χ1) is 25.1. The van der Waals surface area contributed by atoms with Crippen LogP contribution in [0.3, 0.4) is 0 Å². The molecular weight excluding hydrogens is 809 g/mol. The molecule has 2 aromatic carbocycles. The van der Waals surface area contributed by atoms with Crippen LogP contribution in [0.15, 0.2) is 54.4 Å². The molecule has 1 aromatic heterocycles. The Morgan fingerprint density at radius 3 is 2.05 bits per heavy atom. The van der Waals surface area contributed by atoms with Gasteiger partial charge in [0.2, 0.25) is 0 Å². The summed E-state index contributed by atoms with van der Waals surface area (Å²) in [6, 6.07) is 4.88. The van der Waals surface area contributed by atoms with E-state index in [2.05, 4.69) is 9.84 Å². The van der Waals surface area contributed by atoms with Crippen LogP contribution in [0.2, 0.25) is 10.0 Å². The fourth-order valence-electron chi connectivity index (χ4n) is 5.14. The quantitative estimate of drug-likeness (QED) is 0.0926. The van der Waals surface area contributed by atoms with Crippen molar-refractivity contribution in [3.63, 3.8) is 0 Å². The zero-order valence-electron chi connectivity index (χ0n) is 28.1. The molecular formula is C33H24Cl2F10N4O6. The van der Waals surface area contributed by atoms with Crippen LogP contribution in [0.1, 0.15) is 49.5 Å². The molecule has 1 aliphatic carbocycles. The molecule has 3 aromatic rings. The first-order valence-corrected chi connectivity index (χ1v) is 15.9. The Bertz CT molecular complexity index is 2080. The monoisotopic (exact) mass is 832 g/mol. The lowest BCUT2D eigenvalue weighted by atomic mass is 9.86. The zero-order chi connectivity index (χ0) is 41.7. The second kappa shape index (κ2) is 14.6. The van der Waals surface area contributed by atoms with Gasteiger partial charge in [-0.1, -0.05) is 50.0 Å². The average Bonchev–Trinajstić information content (AvgIpc) is 3.68. The van der Waals surface area contributed by atoms with Crippen molar-refractivity contribution in [2.75, 3.05) is 6.73 Å². The van der Waals surface area contributed by atoms with E-state index in [9.17, 15) is 68.7 Å². The van der Waals surface area contributed by atoms with Crippen LogP contribution in [-0.4, -0.2) is 68.6 Å². The molecule has 0 spiro atoms. The number of carboxylic acids is 1. The number of aromatic nitrogens is 2. The van der Waals surface area contributed by atoms with Crippen LogP contribution in [0, 0.1) is 16.7 Å². The van der Waals surface area contributed by atoms with E-state index >= 15 is 0 Å². The molecule has 0 aliphatic heterocycles. The lowest BCUT2D eigenvalue weighted by molar-refractivity contribution is -0.348. The number of hydrogen-bond acceptors (Lipinski definition) is 7. The number of carbonyl (C=O) groups excluding carboxylic acids is 2. The first kappa shape index (κ1) is 42.7.